The van der Waals surface area contributed by atoms with Crippen molar-refractivity contribution in [2.45, 2.75) is 33.2 Å². The van der Waals surface area contributed by atoms with E-state index >= 15 is 0 Å². The van der Waals surface area contributed by atoms with Crippen molar-refractivity contribution in [2.75, 3.05) is 0 Å². The number of thiophene rings is 1. The predicted molar refractivity (Wildman–Crippen MR) is 89.9 cm³/mol. The Balaban J connectivity index is 2.47. The third-order valence-electron chi connectivity index (χ3n) is 3.28. The number of nitrogens with two attached hydrogens (primary N) is 1. The molecule has 1 aromatic heterocycles. The fourth-order valence-electron chi connectivity index (χ4n) is 2.25. The van der Waals surface area contributed by atoms with Crippen molar-refractivity contribution in [3.8, 4) is 0 Å². The summed E-state index contributed by atoms with van der Waals surface area (Å²) < 4.78 is 0. The number of hydrogen-bond acceptors (Lipinski definition) is 2. The van der Waals surface area contributed by atoms with Gasteiger partial charge >= 0.3 is 0 Å². The Bertz CT molecular complexity index is 564. The molecule has 20 heavy (non-hydrogen) atoms. The Morgan fingerprint density at radius 2 is 1.85 bits per heavy atom. The molecule has 0 amide bonds. The van der Waals surface area contributed by atoms with Crippen molar-refractivity contribution in [1.82, 2.24) is 0 Å². The van der Waals surface area contributed by atoms with Crippen LogP contribution >= 0.6 is 11.3 Å². The van der Waals surface area contributed by atoms with Crippen molar-refractivity contribution < 1.29 is 0 Å². The Morgan fingerprint density at radius 3 is 2.45 bits per heavy atom. The summed E-state index contributed by atoms with van der Waals surface area (Å²) in [5.41, 5.74) is 9.99. The zero-order chi connectivity index (χ0) is 14.5. The van der Waals surface area contributed by atoms with Gasteiger partial charge in [0.25, 0.3) is 0 Å². The molecule has 1 heterocycles. The van der Waals surface area contributed by atoms with Gasteiger partial charge in [0.15, 0.2) is 0 Å². The molecule has 0 fully saturated rings. The van der Waals surface area contributed by atoms with Crippen LogP contribution in [0.15, 0.2) is 47.9 Å². The summed E-state index contributed by atoms with van der Waals surface area (Å²) in [4.78, 5) is 1.27. The Labute approximate surface area is 126 Å². The van der Waals surface area contributed by atoms with E-state index in [0.29, 0.717) is 5.92 Å². The topological polar surface area (TPSA) is 26.0 Å². The van der Waals surface area contributed by atoms with Gasteiger partial charge in [-0.15, -0.1) is 11.3 Å². The molecule has 0 spiro atoms. The molecule has 1 nitrogen and oxygen atoms in total. The quantitative estimate of drug-likeness (QED) is 0.798. The minimum absolute atomic E-state index is 0.0798. The lowest BCUT2D eigenvalue weighted by atomic mass is 9.94. The van der Waals surface area contributed by atoms with Crippen LogP contribution in [0.2, 0.25) is 0 Å². The number of allylic oxidation sites excluding steroid dienone is 1. The summed E-state index contributed by atoms with van der Waals surface area (Å²) in [5.74, 6) is 0.658. The van der Waals surface area contributed by atoms with Gasteiger partial charge in [0.1, 0.15) is 0 Å². The smallest absolute Gasteiger partial charge is 0.0367 e. The van der Waals surface area contributed by atoms with Crippen molar-refractivity contribution >= 4 is 16.9 Å². The lowest BCUT2D eigenvalue weighted by Gasteiger charge is -2.13. The van der Waals surface area contributed by atoms with Crippen LogP contribution in [0.5, 0.6) is 0 Å². The predicted octanol–water partition coefficient (Wildman–Crippen LogP) is 5.25. The molecule has 1 unspecified atom stereocenters. The molecule has 0 saturated heterocycles. The molecule has 0 aliphatic carbocycles. The van der Waals surface area contributed by atoms with E-state index in [1.165, 1.54) is 21.6 Å². The van der Waals surface area contributed by atoms with Crippen LogP contribution in [0, 0.1) is 5.92 Å². The van der Waals surface area contributed by atoms with E-state index in [1.807, 2.05) is 0 Å². The van der Waals surface area contributed by atoms with Gasteiger partial charge in [-0.1, -0.05) is 50.3 Å². The molecular formula is C18H23NS. The molecule has 0 saturated carbocycles. The highest BCUT2D eigenvalue weighted by atomic mass is 32.1. The van der Waals surface area contributed by atoms with Crippen molar-refractivity contribution in [3.63, 3.8) is 0 Å². The first-order valence-corrected chi connectivity index (χ1v) is 8.06. The van der Waals surface area contributed by atoms with Gasteiger partial charge in [-0.25, -0.2) is 0 Å². The summed E-state index contributed by atoms with van der Waals surface area (Å²) in [6, 6.07) is 12.9. The fraction of sp³-hybridized carbons (Fsp3) is 0.333. The summed E-state index contributed by atoms with van der Waals surface area (Å²) >= 11 is 1.75. The van der Waals surface area contributed by atoms with Gasteiger partial charge < -0.3 is 5.73 Å². The number of hydrogen-bond donors (Lipinski definition) is 1. The number of benzene rings is 1. The monoisotopic (exact) mass is 285 g/mol. The molecule has 2 heteroatoms. The van der Waals surface area contributed by atoms with Gasteiger partial charge in [-0.2, -0.15) is 0 Å². The van der Waals surface area contributed by atoms with Gasteiger partial charge in [-0.3, -0.25) is 0 Å². The molecule has 2 aromatic rings. The first-order valence-electron chi connectivity index (χ1n) is 7.18. The summed E-state index contributed by atoms with van der Waals surface area (Å²) in [5, 5.41) is 2.14. The second-order valence-electron chi connectivity index (χ2n) is 5.60. The molecule has 0 aliphatic heterocycles. The van der Waals surface area contributed by atoms with Crippen LogP contribution in [0.4, 0.5) is 0 Å². The van der Waals surface area contributed by atoms with Gasteiger partial charge in [0.05, 0.1) is 0 Å². The molecule has 0 aliphatic rings. The van der Waals surface area contributed by atoms with Crippen molar-refractivity contribution in [1.29, 1.82) is 0 Å². The largest absolute Gasteiger partial charge is 0.323 e. The van der Waals surface area contributed by atoms with E-state index in [-0.39, 0.29) is 6.04 Å². The van der Waals surface area contributed by atoms with Crippen molar-refractivity contribution in [3.05, 3.63) is 63.9 Å². The van der Waals surface area contributed by atoms with Crippen LogP contribution in [0.1, 0.15) is 49.2 Å². The van der Waals surface area contributed by atoms with E-state index in [1.54, 1.807) is 11.3 Å². The van der Waals surface area contributed by atoms with E-state index in [2.05, 4.69) is 68.6 Å². The van der Waals surface area contributed by atoms with E-state index in [9.17, 15) is 0 Å². The maximum absolute atomic E-state index is 6.11. The Kier molecular flexibility index (Phi) is 5.16. The Hall–Kier alpha value is -1.38. The zero-order valence-corrected chi connectivity index (χ0v) is 13.3. The molecule has 1 aromatic carbocycles. The summed E-state index contributed by atoms with van der Waals surface area (Å²) in [6.07, 6.45) is 3.44. The Morgan fingerprint density at radius 1 is 1.15 bits per heavy atom. The van der Waals surface area contributed by atoms with E-state index in [4.69, 9.17) is 5.73 Å². The summed E-state index contributed by atoms with van der Waals surface area (Å²) in [7, 11) is 0. The minimum Gasteiger partial charge on any atom is -0.323 e. The normalized spacial score (nSPS) is 13.8. The maximum atomic E-state index is 6.11. The average molecular weight is 285 g/mol. The van der Waals surface area contributed by atoms with E-state index in [0.717, 1.165) is 6.42 Å². The molecule has 2 N–H and O–H groups in total. The summed E-state index contributed by atoms with van der Waals surface area (Å²) in [6.45, 7) is 6.55. The fourth-order valence-corrected chi connectivity index (χ4v) is 3.12. The highest BCUT2D eigenvalue weighted by molar-refractivity contribution is 7.10. The van der Waals surface area contributed by atoms with Crippen LogP contribution in [0.25, 0.3) is 5.57 Å². The van der Waals surface area contributed by atoms with Crippen LogP contribution in [-0.4, -0.2) is 0 Å². The third kappa shape index (κ3) is 3.59. The van der Waals surface area contributed by atoms with Crippen molar-refractivity contribution in [2.24, 2.45) is 11.7 Å². The standard InChI is InChI=1S/C18H23NS/c1-13(2)9-10-16(15-7-5-4-6-8-15)17-11-12-20-18(17)14(3)19/h4-8,10-14H,9,19H2,1-3H3/b16-10-. The van der Waals surface area contributed by atoms with Gasteiger partial charge in [-0.05, 0) is 47.4 Å². The molecular weight excluding hydrogens is 262 g/mol. The molecule has 106 valence electrons. The highest BCUT2D eigenvalue weighted by Crippen LogP contribution is 2.33. The van der Waals surface area contributed by atoms with Crippen LogP contribution in [0.3, 0.4) is 0 Å². The van der Waals surface area contributed by atoms with Gasteiger partial charge in [0.2, 0.25) is 0 Å². The van der Waals surface area contributed by atoms with Crippen LogP contribution < -0.4 is 5.73 Å². The second-order valence-corrected chi connectivity index (χ2v) is 6.55. The minimum atomic E-state index is 0.0798. The lowest BCUT2D eigenvalue weighted by Crippen LogP contribution is -2.05. The molecule has 0 radical (unpaired) electrons. The average Bonchev–Trinajstić information content (AvgIpc) is 2.89. The lowest BCUT2D eigenvalue weighted by molar-refractivity contribution is 0.664. The zero-order valence-electron chi connectivity index (χ0n) is 12.5. The second kappa shape index (κ2) is 6.87. The number of rotatable bonds is 5. The first kappa shape index (κ1) is 15.0. The van der Waals surface area contributed by atoms with E-state index < -0.39 is 0 Å². The SMILES string of the molecule is CC(C)C/C=C(/c1ccccc1)c1ccsc1C(C)N. The van der Waals surface area contributed by atoms with Gasteiger partial charge in [0, 0.05) is 10.9 Å². The first-order chi connectivity index (χ1) is 9.59. The molecule has 1 atom stereocenters. The highest BCUT2D eigenvalue weighted by Gasteiger charge is 2.14. The third-order valence-corrected chi connectivity index (χ3v) is 4.39. The molecule has 0 bridgehead atoms. The van der Waals surface area contributed by atoms with Crippen LogP contribution in [-0.2, 0) is 0 Å². The maximum Gasteiger partial charge on any atom is 0.0367 e. The molecule has 2 rings (SSSR count).